The molecule has 0 spiro atoms. The number of amides is 2. The van der Waals surface area contributed by atoms with Crippen LogP contribution >= 0.6 is 0 Å². The monoisotopic (exact) mass is 199 g/mol. The molecule has 1 aliphatic heterocycles. The topological polar surface area (TPSA) is 67.6 Å². The van der Waals surface area contributed by atoms with Gasteiger partial charge in [-0.05, 0) is 19.3 Å². The molecular weight excluding hydrogens is 182 g/mol. The lowest BCUT2D eigenvalue weighted by molar-refractivity contribution is 0.104. The third-order valence-electron chi connectivity index (χ3n) is 2.81. The highest BCUT2D eigenvalue weighted by atomic mass is 16.6. The third-order valence-corrected chi connectivity index (χ3v) is 2.81. The summed E-state index contributed by atoms with van der Waals surface area (Å²) in [5.74, 6) is 5.41. The van der Waals surface area contributed by atoms with E-state index in [1.54, 1.807) is 0 Å². The Morgan fingerprint density at radius 3 is 2.93 bits per heavy atom. The first-order valence-electron chi connectivity index (χ1n) is 5.16. The predicted octanol–water partition coefficient (Wildman–Crippen LogP) is 0.0706. The van der Waals surface area contributed by atoms with Crippen molar-refractivity contribution in [2.24, 2.45) is 11.8 Å². The van der Waals surface area contributed by atoms with Crippen LogP contribution in [-0.2, 0) is 4.84 Å². The van der Waals surface area contributed by atoms with E-state index in [0.717, 1.165) is 32.4 Å². The second kappa shape index (κ2) is 4.14. The highest BCUT2D eigenvalue weighted by molar-refractivity contribution is 5.75. The third kappa shape index (κ3) is 2.36. The van der Waals surface area contributed by atoms with Gasteiger partial charge in [0.15, 0.2) is 0 Å². The molecule has 3 N–H and O–H groups in total. The number of urea groups is 1. The molecule has 1 unspecified atom stereocenters. The average Bonchev–Trinajstić information content (AvgIpc) is 2.83. The van der Waals surface area contributed by atoms with E-state index in [-0.39, 0.29) is 6.03 Å². The van der Waals surface area contributed by atoms with E-state index in [1.807, 2.05) is 4.90 Å². The number of likely N-dealkylation sites (tertiary alicyclic amines) is 1. The van der Waals surface area contributed by atoms with E-state index < -0.39 is 0 Å². The minimum absolute atomic E-state index is 0.0759. The summed E-state index contributed by atoms with van der Waals surface area (Å²) in [5.41, 5.74) is 0. The van der Waals surface area contributed by atoms with E-state index in [2.05, 4.69) is 10.2 Å². The van der Waals surface area contributed by atoms with Gasteiger partial charge in [-0.2, -0.15) is 0 Å². The molecule has 0 aromatic heterocycles. The zero-order valence-corrected chi connectivity index (χ0v) is 8.24. The van der Waals surface area contributed by atoms with Crippen molar-refractivity contribution in [1.29, 1.82) is 0 Å². The number of nitrogens with one attached hydrogen (secondary N) is 1. The summed E-state index contributed by atoms with van der Waals surface area (Å²) in [7, 11) is 0. The second-order valence-corrected chi connectivity index (χ2v) is 4.16. The van der Waals surface area contributed by atoms with E-state index in [0.29, 0.717) is 18.6 Å². The summed E-state index contributed by atoms with van der Waals surface area (Å²) in [5, 5.41) is 2.97. The first-order chi connectivity index (χ1) is 6.79. The van der Waals surface area contributed by atoms with Crippen molar-refractivity contribution in [3.05, 3.63) is 0 Å². The molecule has 1 heterocycles. The summed E-state index contributed by atoms with van der Waals surface area (Å²) in [6.07, 6.45) is 3.26. The molecule has 0 bridgehead atoms. The van der Waals surface area contributed by atoms with E-state index in [9.17, 15) is 4.79 Å². The van der Waals surface area contributed by atoms with Crippen LogP contribution in [0.25, 0.3) is 0 Å². The number of nitrogens with zero attached hydrogens (tertiary/aromatic N) is 1. The summed E-state index contributed by atoms with van der Waals surface area (Å²) in [6.45, 7) is 2.15. The maximum Gasteiger partial charge on any atom is 0.317 e. The van der Waals surface area contributed by atoms with E-state index in [4.69, 9.17) is 5.90 Å². The number of hydrogen-bond donors (Lipinski definition) is 2. The summed E-state index contributed by atoms with van der Waals surface area (Å²) < 4.78 is 0. The Labute approximate surface area is 83.5 Å². The van der Waals surface area contributed by atoms with Gasteiger partial charge in [0.05, 0.1) is 6.61 Å². The molecule has 1 saturated carbocycles. The SMILES string of the molecule is NOCC1CCN(C(=O)NC2CC2)C1. The molecule has 2 rings (SSSR count). The van der Waals surface area contributed by atoms with Gasteiger partial charge < -0.3 is 15.1 Å². The van der Waals surface area contributed by atoms with Gasteiger partial charge in [-0.3, -0.25) is 0 Å². The van der Waals surface area contributed by atoms with Crippen LogP contribution < -0.4 is 11.2 Å². The molecule has 80 valence electrons. The van der Waals surface area contributed by atoms with E-state index in [1.165, 1.54) is 0 Å². The maximum absolute atomic E-state index is 11.6. The fourth-order valence-corrected chi connectivity index (χ4v) is 1.78. The summed E-state index contributed by atoms with van der Waals surface area (Å²) in [4.78, 5) is 18.0. The average molecular weight is 199 g/mol. The summed E-state index contributed by atoms with van der Waals surface area (Å²) in [6, 6.07) is 0.513. The van der Waals surface area contributed by atoms with Crippen molar-refractivity contribution in [1.82, 2.24) is 10.2 Å². The second-order valence-electron chi connectivity index (χ2n) is 4.16. The lowest BCUT2D eigenvalue weighted by atomic mass is 10.1. The number of rotatable bonds is 3. The number of hydrogen-bond acceptors (Lipinski definition) is 3. The number of carbonyl (C=O) groups is 1. The maximum atomic E-state index is 11.6. The molecule has 1 saturated heterocycles. The molecule has 0 aromatic rings. The van der Waals surface area contributed by atoms with Crippen LogP contribution in [0.5, 0.6) is 0 Å². The van der Waals surface area contributed by atoms with Crippen molar-refractivity contribution in [3.8, 4) is 0 Å². The van der Waals surface area contributed by atoms with Gasteiger partial charge in [0, 0.05) is 25.0 Å². The normalized spacial score (nSPS) is 26.6. The minimum Gasteiger partial charge on any atom is -0.335 e. The molecule has 1 atom stereocenters. The van der Waals surface area contributed by atoms with Crippen LogP contribution in [0.1, 0.15) is 19.3 Å². The molecular formula is C9H17N3O2. The first kappa shape index (κ1) is 9.73. The van der Waals surface area contributed by atoms with Gasteiger partial charge >= 0.3 is 6.03 Å². The first-order valence-corrected chi connectivity index (χ1v) is 5.16. The Hall–Kier alpha value is -0.810. The van der Waals surface area contributed by atoms with Gasteiger partial charge in [-0.15, -0.1) is 0 Å². The minimum atomic E-state index is 0.0759. The molecule has 14 heavy (non-hydrogen) atoms. The van der Waals surface area contributed by atoms with Gasteiger partial charge in [0.2, 0.25) is 0 Å². The Morgan fingerprint density at radius 1 is 1.50 bits per heavy atom. The van der Waals surface area contributed by atoms with Gasteiger partial charge in [-0.1, -0.05) is 0 Å². The van der Waals surface area contributed by atoms with Crippen molar-refractivity contribution in [2.45, 2.75) is 25.3 Å². The van der Waals surface area contributed by atoms with Gasteiger partial charge in [0.1, 0.15) is 0 Å². The quantitative estimate of drug-likeness (QED) is 0.632. The molecule has 2 amide bonds. The number of nitrogens with two attached hydrogens (primary N) is 1. The Bertz CT molecular complexity index is 218. The standard InChI is InChI=1S/C9H17N3O2/c10-14-6-7-3-4-12(5-7)9(13)11-8-1-2-8/h7-8H,1-6,10H2,(H,11,13). The largest absolute Gasteiger partial charge is 0.335 e. The fourth-order valence-electron chi connectivity index (χ4n) is 1.78. The molecule has 0 radical (unpaired) electrons. The number of carbonyl (C=O) groups excluding carboxylic acids is 1. The zero-order valence-electron chi connectivity index (χ0n) is 8.24. The Kier molecular flexibility index (Phi) is 2.88. The smallest absolute Gasteiger partial charge is 0.317 e. The Balaban J connectivity index is 1.73. The molecule has 2 fully saturated rings. The van der Waals surface area contributed by atoms with Crippen LogP contribution in [0.15, 0.2) is 0 Å². The van der Waals surface area contributed by atoms with E-state index >= 15 is 0 Å². The lowest BCUT2D eigenvalue weighted by Crippen LogP contribution is -2.39. The van der Waals surface area contributed by atoms with Crippen LogP contribution in [0.4, 0.5) is 4.79 Å². The highest BCUT2D eigenvalue weighted by Crippen LogP contribution is 2.21. The van der Waals surface area contributed by atoms with Crippen LogP contribution in [0.3, 0.4) is 0 Å². The highest BCUT2D eigenvalue weighted by Gasteiger charge is 2.30. The zero-order chi connectivity index (χ0) is 9.97. The van der Waals surface area contributed by atoms with Crippen molar-refractivity contribution in [2.75, 3.05) is 19.7 Å². The Morgan fingerprint density at radius 2 is 2.29 bits per heavy atom. The van der Waals surface area contributed by atoms with Crippen LogP contribution in [-0.4, -0.2) is 36.7 Å². The molecule has 0 aromatic carbocycles. The molecule has 1 aliphatic carbocycles. The van der Waals surface area contributed by atoms with Gasteiger partial charge in [0.25, 0.3) is 0 Å². The predicted molar refractivity (Wildman–Crippen MR) is 51.4 cm³/mol. The lowest BCUT2D eigenvalue weighted by Gasteiger charge is -2.16. The van der Waals surface area contributed by atoms with Crippen molar-refractivity contribution >= 4 is 6.03 Å². The fraction of sp³-hybridized carbons (Fsp3) is 0.889. The molecule has 5 nitrogen and oxygen atoms in total. The molecule has 5 heteroatoms. The van der Waals surface area contributed by atoms with Gasteiger partial charge in [-0.25, -0.2) is 10.7 Å². The van der Waals surface area contributed by atoms with Crippen molar-refractivity contribution < 1.29 is 9.63 Å². The summed E-state index contributed by atoms with van der Waals surface area (Å²) >= 11 is 0. The van der Waals surface area contributed by atoms with Crippen LogP contribution in [0.2, 0.25) is 0 Å². The van der Waals surface area contributed by atoms with Crippen molar-refractivity contribution in [3.63, 3.8) is 0 Å². The molecule has 2 aliphatic rings. The van der Waals surface area contributed by atoms with Crippen LogP contribution in [0, 0.1) is 5.92 Å².